The SMILES string of the molecule is CCC(NC(=O)N1CC2CCCN2CC1C)C(=O)O. The Morgan fingerprint density at radius 3 is 2.79 bits per heavy atom. The molecular formula is C13H23N3O3. The predicted molar refractivity (Wildman–Crippen MR) is 71.0 cm³/mol. The van der Waals surface area contributed by atoms with Gasteiger partial charge in [0.25, 0.3) is 0 Å². The van der Waals surface area contributed by atoms with Crippen LogP contribution in [0.5, 0.6) is 0 Å². The summed E-state index contributed by atoms with van der Waals surface area (Å²) in [5, 5.41) is 11.6. The van der Waals surface area contributed by atoms with Crippen molar-refractivity contribution in [3.8, 4) is 0 Å². The quantitative estimate of drug-likeness (QED) is 0.792. The Morgan fingerprint density at radius 1 is 1.42 bits per heavy atom. The molecule has 19 heavy (non-hydrogen) atoms. The Kier molecular flexibility index (Phi) is 4.29. The molecule has 2 aliphatic heterocycles. The van der Waals surface area contributed by atoms with Crippen molar-refractivity contribution in [1.82, 2.24) is 15.1 Å². The standard InChI is InChI=1S/C13H23N3O3/c1-3-11(12(17)18)14-13(19)16-8-10-5-4-6-15(10)7-9(16)2/h9-11H,3-8H2,1-2H3,(H,14,19)(H,17,18). The second kappa shape index (κ2) is 5.77. The van der Waals surface area contributed by atoms with Crippen LogP contribution in [-0.2, 0) is 4.79 Å². The molecule has 0 aromatic carbocycles. The fraction of sp³-hybridized carbons (Fsp3) is 0.846. The van der Waals surface area contributed by atoms with Crippen molar-refractivity contribution < 1.29 is 14.7 Å². The lowest BCUT2D eigenvalue weighted by Gasteiger charge is -2.42. The normalized spacial score (nSPS) is 28.8. The number of hydrogen-bond acceptors (Lipinski definition) is 3. The van der Waals surface area contributed by atoms with E-state index in [9.17, 15) is 9.59 Å². The number of carboxylic acid groups (broad SMARTS) is 1. The van der Waals surface area contributed by atoms with Gasteiger partial charge in [0.05, 0.1) is 0 Å². The van der Waals surface area contributed by atoms with Crippen LogP contribution in [0.1, 0.15) is 33.1 Å². The molecule has 0 bridgehead atoms. The Labute approximate surface area is 113 Å². The second-order valence-electron chi connectivity index (χ2n) is 5.54. The second-order valence-corrected chi connectivity index (χ2v) is 5.54. The highest BCUT2D eigenvalue weighted by Crippen LogP contribution is 2.24. The summed E-state index contributed by atoms with van der Waals surface area (Å²) in [6, 6.07) is -0.442. The molecule has 6 heteroatoms. The number of nitrogens with one attached hydrogen (secondary N) is 1. The van der Waals surface area contributed by atoms with Crippen LogP contribution in [0, 0.1) is 0 Å². The van der Waals surface area contributed by atoms with Crippen molar-refractivity contribution in [1.29, 1.82) is 0 Å². The average Bonchev–Trinajstić information content (AvgIpc) is 2.81. The van der Waals surface area contributed by atoms with E-state index < -0.39 is 12.0 Å². The average molecular weight is 269 g/mol. The summed E-state index contributed by atoms with van der Waals surface area (Å²) in [6.07, 6.45) is 2.73. The van der Waals surface area contributed by atoms with E-state index in [2.05, 4.69) is 10.2 Å². The van der Waals surface area contributed by atoms with Crippen LogP contribution >= 0.6 is 0 Å². The van der Waals surface area contributed by atoms with Crippen molar-refractivity contribution in [3.05, 3.63) is 0 Å². The highest BCUT2D eigenvalue weighted by Gasteiger charge is 2.37. The maximum absolute atomic E-state index is 12.2. The van der Waals surface area contributed by atoms with Crippen LogP contribution < -0.4 is 5.32 Å². The van der Waals surface area contributed by atoms with E-state index in [4.69, 9.17) is 5.11 Å². The molecule has 108 valence electrons. The summed E-state index contributed by atoms with van der Waals surface area (Å²) in [6.45, 7) is 6.51. The van der Waals surface area contributed by atoms with E-state index in [-0.39, 0.29) is 12.1 Å². The number of carbonyl (C=O) groups excluding carboxylic acids is 1. The van der Waals surface area contributed by atoms with Gasteiger partial charge in [0.1, 0.15) is 6.04 Å². The number of carbonyl (C=O) groups is 2. The number of aliphatic carboxylic acids is 1. The van der Waals surface area contributed by atoms with Gasteiger partial charge in [0, 0.05) is 25.2 Å². The highest BCUT2D eigenvalue weighted by molar-refractivity contribution is 5.82. The van der Waals surface area contributed by atoms with Crippen molar-refractivity contribution in [2.24, 2.45) is 0 Å². The van der Waals surface area contributed by atoms with Crippen molar-refractivity contribution in [2.45, 2.75) is 51.2 Å². The molecule has 0 aromatic heterocycles. The van der Waals surface area contributed by atoms with Crippen LogP contribution in [0.25, 0.3) is 0 Å². The summed E-state index contributed by atoms with van der Waals surface area (Å²) < 4.78 is 0. The predicted octanol–water partition coefficient (Wildman–Crippen LogP) is 0.728. The molecule has 2 amide bonds. The van der Waals surface area contributed by atoms with Gasteiger partial charge < -0.3 is 15.3 Å². The van der Waals surface area contributed by atoms with Gasteiger partial charge in [-0.3, -0.25) is 4.90 Å². The summed E-state index contributed by atoms with van der Waals surface area (Å²) in [5.74, 6) is -0.969. The Bertz CT molecular complexity index is 361. The number of hydrogen-bond donors (Lipinski definition) is 2. The minimum Gasteiger partial charge on any atom is -0.480 e. The molecule has 2 rings (SSSR count). The maximum atomic E-state index is 12.2. The number of nitrogens with zero attached hydrogens (tertiary/aromatic N) is 2. The lowest BCUT2D eigenvalue weighted by molar-refractivity contribution is -0.139. The first kappa shape index (κ1) is 14.1. The summed E-state index contributed by atoms with van der Waals surface area (Å²) in [7, 11) is 0. The van der Waals surface area contributed by atoms with Gasteiger partial charge in [-0.05, 0) is 32.7 Å². The van der Waals surface area contributed by atoms with E-state index in [1.165, 1.54) is 6.42 Å². The fourth-order valence-corrected chi connectivity index (χ4v) is 3.04. The van der Waals surface area contributed by atoms with E-state index in [0.29, 0.717) is 19.0 Å². The third-order valence-corrected chi connectivity index (χ3v) is 4.20. The molecule has 2 heterocycles. The molecule has 2 aliphatic rings. The molecule has 2 N–H and O–H groups in total. The topological polar surface area (TPSA) is 72.9 Å². The zero-order chi connectivity index (χ0) is 14.0. The monoisotopic (exact) mass is 269 g/mol. The zero-order valence-corrected chi connectivity index (χ0v) is 11.6. The molecule has 6 nitrogen and oxygen atoms in total. The molecule has 2 fully saturated rings. The van der Waals surface area contributed by atoms with Crippen molar-refractivity contribution in [2.75, 3.05) is 19.6 Å². The van der Waals surface area contributed by atoms with Crippen molar-refractivity contribution >= 4 is 12.0 Å². The number of piperazine rings is 1. The molecule has 2 saturated heterocycles. The maximum Gasteiger partial charge on any atom is 0.326 e. The van der Waals surface area contributed by atoms with Gasteiger partial charge in [-0.1, -0.05) is 6.92 Å². The van der Waals surface area contributed by atoms with Gasteiger partial charge in [0.15, 0.2) is 0 Å². The summed E-state index contributed by atoms with van der Waals surface area (Å²) in [4.78, 5) is 27.4. The van der Waals surface area contributed by atoms with Crippen molar-refractivity contribution in [3.63, 3.8) is 0 Å². The highest BCUT2D eigenvalue weighted by atomic mass is 16.4. The fourth-order valence-electron chi connectivity index (χ4n) is 3.04. The first-order chi connectivity index (χ1) is 9.02. The van der Waals surface area contributed by atoms with Crippen LogP contribution in [0.2, 0.25) is 0 Å². The molecule has 0 aromatic rings. The molecule has 3 atom stereocenters. The third kappa shape index (κ3) is 3.00. The Morgan fingerprint density at radius 2 is 2.16 bits per heavy atom. The van der Waals surface area contributed by atoms with E-state index in [1.54, 1.807) is 11.8 Å². The van der Waals surface area contributed by atoms with Gasteiger partial charge in [-0.2, -0.15) is 0 Å². The van der Waals surface area contributed by atoms with E-state index in [1.807, 2.05) is 6.92 Å². The molecule has 0 aliphatic carbocycles. The molecule has 0 saturated carbocycles. The van der Waals surface area contributed by atoms with Crippen LogP contribution in [0.4, 0.5) is 4.79 Å². The van der Waals surface area contributed by atoms with Crippen LogP contribution in [0.3, 0.4) is 0 Å². The van der Waals surface area contributed by atoms with Gasteiger partial charge in [-0.25, -0.2) is 9.59 Å². The number of urea groups is 1. The largest absolute Gasteiger partial charge is 0.480 e. The number of fused-ring (bicyclic) bond motifs is 1. The number of carboxylic acids is 1. The van der Waals surface area contributed by atoms with Gasteiger partial charge >= 0.3 is 12.0 Å². The Hall–Kier alpha value is -1.30. The molecule has 0 radical (unpaired) electrons. The number of rotatable bonds is 3. The molecule has 3 unspecified atom stereocenters. The first-order valence-electron chi connectivity index (χ1n) is 7.07. The van der Waals surface area contributed by atoms with Crippen LogP contribution in [-0.4, -0.2) is 64.7 Å². The minimum atomic E-state index is -0.969. The zero-order valence-electron chi connectivity index (χ0n) is 11.6. The molecular weight excluding hydrogens is 246 g/mol. The third-order valence-electron chi connectivity index (χ3n) is 4.20. The lowest BCUT2D eigenvalue weighted by atomic mass is 10.1. The summed E-state index contributed by atoms with van der Waals surface area (Å²) >= 11 is 0. The van der Waals surface area contributed by atoms with E-state index >= 15 is 0 Å². The lowest BCUT2D eigenvalue weighted by Crippen LogP contribution is -2.60. The van der Waals surface area contributed by atoms with Crippen LogP contribution in [0.15, 0.2) is 0 Å². The summed E-state index contributed by atoms with van der Waals surface area (Å²) in [5.41, 5.74) is 0. The molecule has 0 spiro atoms. The number of amides is 2. The van der Waals surface area contributed by atoms with Gasteiger partial charge in [-0.15, -0.1) is 0 Å². The Balaban J connectivity index is 1.96. The first-order valence-corrected chi connectivity index (χ1v) is 7.07. The minimum absolute atomic E-state index is 0.139. The van der Waals surface area contributed by atoms with Gasteiger partial charge in [0.2, 0.25) is 0 Å². The van der Waals surface area contributed by atoms with E-state index in [0.717, 1.165) is 19.5 Å². The smallest absolute Gasteiger partial charge is 0.326 e.